The summed E-state index contributed by atoms with van der Waals surface area (Å²) in [6, 6.07) is 4.68. The lowest BCUT2D eigenvalue weighted by Crippen LogP contribution is -2.55. The Balaban J connectivity index is 2.01. The van der Waals surface area contributed by atoms with E-state index >= 15 is 0 Å². The highest BCUT2D eigenvalue weighted by Gasteiger charge is 2.40. The van der Waals surface area contributed by atoms with Gasteiger partial charge in [-0.1, -0.05) is 27.5 Å². The maximum atomic E-state index is 12.0. The smallest absolute Gasteiger partial charge is 0.319 e. The lowest BCUT2D eigenvalue weighted by molar-refractivity contribution is -0.139. The molecule has 20 heavy (non-hydrogen) atoms. The molecule has 2 rings (SSSR count). The zero-order chi connectivity index (χ0) is 14.8. The molecule has 1 fully saturated rings. The molecule has 0 aromatic heterocycles. The molecule has 0 bridgehead atoms. The van der Waals surface area contributed by atoms with Crippen molar-refractivity contribution in [2.24, 2.45) is 0 Å². The first-order valence-corrected chi connectivity index (χ1v) is 7.33. The van der Waals surface area contributed by atoms with E-state index in [-0.39, 0.29) is 6.42 Å². The molecule has 0 radical (unpaired) electrons. The van der Waals surface area contributed by atoms with Crippen molar-refractivity contribution in [3.63, 3.8) is 0 Å². The number of carbonyl (C=O) groups is 2. The first-order valence-electron chi connectivity index (χ1n) is 6.16. The number of benzene rings is 1. The number of anilines is 1. The van der Waals surface area contributed by atoms with Crippen molar-refractivity contribution in [2.75, 3.05) is 5.32 Å². The number of carboxylic acid groups (broad SMARTS) is 1. The van der Waals surface area contributed by atoms with E-state index in [9.17, 15) is 9.59 Å². The second kappa shape index (κ2) is 6.01. The van der Waals surface area contributed by atoms with Crippen molar-refractivity contribution in [3.05, 3.63) is 27.7 Å². The largest absolute Gasteiger partial charge is 0.481 e. The highest BCUT2D eigenvalue weighted by Crippen LogP contribution is 2.35. The predicted octanol–water partition coefficient (Wildman–Crippen LogP) is 3.62. The molecule has 2 amide bonds. The molecule has 108 valence electrons. The Labute approximate surface area is 129 Å². The average molecular weight is 362 g/mol. The second-order valence-corrected chi connectivity index (χ2v) is 6.23. The number of carboxylic acids is 1. The lowest BCUT2D eigenvalue weighted by atomic mass is 9.74. The van der Waals surface area contributed by atoms with Gasteiger partial charge in [0.05, 0.1) is 22.7 Å². The average Bonchev–Trinajstić information content (AvgIpc) is 2.30. The molecule has 1 aliphatic carbocycles. The summed E-state index contributed by atoms with van der Waals surface area (Å²) >= 11 is 9.28. The molecule has 1 aliphatic rings. The summed E-state index contributed by atoms with van der Waals surface area (Å²) in [5.41, 5.74) is -0.155. The Morgan fingerprint density at radius 1 is 1.40 bits per heavy atom. The Hall–Kier alpha value is -1.27. The first kappa shape index (κ1) is 15.1. The van der Waals surface area contributed by atoms with E-state index in [0.717, 1.165) is 10.9 Å². The van der Waals surface area contributed by atoms with Crippen molar-refractivity contribution in [1.29, 1.82) is 0 Å². The van der Waals surface area contributed by atoms with Gasteiger partial charge in [0.15, 0.2) is 0 Å². The molecule has 7 heteroatoms. The van der Waals surface area contributed by atoms with Gasteiger partial charge in [-0.3, -0.25) is 4.79 Å². The van der Waals surface area contributed by atoms with Crippen LogP contribution in [-0.4, -0.2) is 22.6 Å². The number of urea groups is 1. The topological polar surface area (TPSA) is 78.4 Å². The number of halogens is 2. The number of carbonyl (C=O) groups excluding carboxylic acids is 1. The van der Waals surface area contributed by atoms with Crippen LogP contribution >= 0.6 is 27.5 Å². The SMILES string of the molecule is O=C(O)CC1(NC(=O)Nc2cc(Br)ccc2Cl)CCC1. The van der Waals surface area contributed by atoms with Crippen molar-refractivity contribution in [1.82, 2.24) is 5.32 Å². The zero-order valence-corrected chi connectivity index (χ0v) is 12.9. The summed E-state index contributed by atoms with van der Waals surface area (Å²) in [5.74, 6) is -0.912. The summed E-state index contributed by atoms with van der Waals surface area (Å²) in [5, 5.41) is 14.7. The Bertz CT molecular complexity index is 546. The van der Waals surface area contributed by atoms with Crippen molar-refractivity contribution in [3.8, 4) is 0 Å². The van der Waals surface area contributed by atoms with Crippen LogP contribution in [0.4, 0.5) is 10.5 Å². The van der Waals surface area contributed by atoms with Crippen LogP contribution < -0.4 is 10.6 Å². The predicted molar refractivity (Wildman–Crippen MR) is 80.1 cm³/mol. The standard InChI is InChI=1S/C13H14BrClN2O3/c14-8-2-3-9(15)10(6-8)16-12(20)17-13(4-1-5-13)7-11(18)19/h2-3,6H,1,4-5,7H2,(H,18,19)(H2,16,17,20). The first-order chi connectivity index (χ1) is 9.40. The molecule has 1 aromatic rings. The molecule has 1 saturated carbocycles. The summed E-state index contributed by atoms with van der Waals surface area (Å²) in [7, 11) is 0. The van der Waals surface area contributed by atoms with Crippen LogP contribution in [0.25, 0.3) is 0 Å². The third-order valence-corrected chi connectivity index (χ3v) is 4.18. The van der Waals surface area contributed by atoms with Gasteiger partial charge < -0.3 is 15.7 Å². The number of amides is 2. The molecule has 1 aromatic carbocycles. The van der Waals surface area contributed by atoms with E-state index in [4.69, 9.17) is 16.7 Å². The van der Waals surface area contributed by atoms with Gasteiger partial charge in [0.25, 0.3) is 0 Å². The van der Waals surface area contributed by atoms with Gasteiger partial charge in [-0.15, -0.1) is 0 Å². The Morgan fingerprint density at radius 2 is 2.10 bits per heavy atom. The van der Waals surface area contributed by atoms with Crippen molar-refractivity contribution < 1.29 is 14.7 Å². The monoisotopic (exact) mass is 360 g/mol. The van der Waals surface area contributed by atoms with E-state index < -0.39 is 17.5 Å². The van der Waals surface area contributed by atoms with Gasteiger partial charge in [0.2, 0.25) is 0 Å². The Kier molecular flexibility index (Phi) is 4.55. The molecular formula is C13H14BrClN2O3. The zero-order valence-electron chi connectivity index (χ0n) is 10.6. The number of nitrogens with one attached hydrogen (secondary N) is 2. The number of rotatable bonds is 4. The summed E-state index contributed by atoms with van der Waals surface area (Å²) in [6.07, 6.45) is 2.22. The highest BCUT2D eigenvalue weighted by atomic mass is 79.9. The lowest BCUT2D eigenvalue weighted by Gasteiger charge is -2.41. The van der Waals surface area contributed by atoms with E-state index in [2.05, 4.69) is 26.6 Å². The molecule has 0 saturated heterocycles. The van der Waals surface area contributed by atoms with Crippen molar-refractivity contribution in [2.45, 2.75) is 31.2 Å². The molecule has 0 spiro atoms. The minimum absolute atomic E-state index is 0.0629. The third kappa shape index (κ3) is 3.64. The van der Waals surface area contributed by atoms with E-state index in [1.54, 1.807) is 18.2 Å². The normalized spacial score (nSPS) is 16.1. The van der Waals surface area contributed by atoms with Gasteiger partial charge in [0, 0.05) is 4.47 Å². The van der Waals surface area contributed by atoms with Crippen LogP contribution in [0.3, 0.4) is 0 Å². The van der Waals surface area contributed by atoms with Crippen LogP contribution in [-0.2, 0) is 4.79 Å². The molecule has 0 heterocycles. The fourth-order valence-corrected chi connectivity index (χ4v) is 2.75. The number of aliphatic carboxylic acids is 1. The quantitative estimate of drug-likeness (QED) is 0.766. The minimum Gasteiger partial charge on any atom is -0.481 e. The van der Waals surface area contributed by atoms with Gasteiger partial charge in [-0.2, -0.15) is 0 Å². The molecule has 5 nitrogen and oxygen atoms in total. The van der Waals surface area contributed by atoms with Crippen LogP contribution in [0.15, 0.2) is 22.7 Å². The second-order valence-electron chi connectivity index (χ2n) is 4.91. The molecule has 0 aliphatic heterocycles. The summed E-state index contributed by atoms with van der Waals surface area (Å²) in [4.78, 5) is 22.8. The fraction of sp³-hybridized carbons (Fsp3) is 0.385. The molecule has 3 N–H and O–H groups in total. The molecule has 0 atom stereocenters. The van der Waals surface area contributed by atoms with Crippen LogP contribution in [0, 0.1) is 0 Å². The third-order valence-electron chi connectivity index (χ3n) is 3.36. The van der Waals surface area contributed by atoms with Crippen LogP contribution in [0.1, 0.15) is 25.7 Å². The minimum atomic E-state index is -0.912. The van der Waals surface area contributed by atoms with E-state index in [0.29, 0.717) is 23.6 Å². The van der Waals surface area contributed by atoms with Gasteiger partial charge in [-0.25, -0.2) is 4.79 Å². The fourth-order valence-electron chi connectivity index (χ4n) is 2.23. The number of hydrogen-bond acceptors (Lipinski definition) is 2. The van der Waals surface area contributed by atoms with E-state index in [1.165, 1.54) is 0 Å². The van der Waals surface area contributed by atoms with Gasteiger partial charge in [0.1, 0.15) is 0 Å². The number of hydrogen-bond donors (Lipinski definition) is 3. The summed E-state index contributed by atoms with van der Waals surface area (Å²) < 4.78 is 0.793. The highest BCUT2D eigenvalue weighted by molar-refractivity contribution is 9.10. The maximum Gasteiger partial charge on any atom is 0.319 e. The summed E-state index contributed by atoms with van der Waals surface area (Å²) in [6.45, 7) is 0. The molecular weight excluding hydrogens is 348 g/mol. The van der Waals surface area contributed by atoms with E-state index in [1.807, 2.05) is 0 Å². The van der Waals surface area contributed by atoms with Crippen molar-refractivity contribution >= 4 is 45.2 Å². The van der Waals surface area contributed by atoms with Gasteiger partial charge >= 0.3 is 12.0 Å². The van der Waals surface area contributed by atoms with Crippen LogP contribution in [0.5, 0.6) is 0 Å². The van der Waals surface area contributed by atoms with Crippen LogP contribution in [0.2, 0.25) is 5.02 Å². The molecule has 0 unspecified atom stereocenters. The maximum absolute atomic E-state index is 12.0. The Morgan fingerprint density at radius 3 is 2.65 bits per heavy atom. The van der Waals surface area contributed by atoms with Gasteiger partial charge in [-0.05, 0) is 37.5 Å².